The largest absolute Gasteiger partial charge is 0.481 e. The van der Waals surface area contributed by atoms with Crippen molar-refractivity contribution >= 4 is 35.1 Å². The van der Waals surface area contributed by atoms with Gasteiger partial charge < -0.3 is 15.3 Å². The van der Waals surface area contributed by atoms with E-state index in [0.717, 1.165) is 0 Å². The fourth-order valence-electron chi connectivity index (χ4n) is 3.29. The average Bonchev–Trinajstić information content (AvgIpc) is 2.62. The first kappa shape index (κ1) is 20.2. The highest BCUT2D eigenvalue weighted by atomic mass is 35.5. The predicted octanol–water partition coefficient (Wildman–Crippen LogP) is 3.65. The second-order valence-electron chi connectivity index (χ2n) is 6.55. The zero-order valence-electron chi connectivity index (χ0n) is 15.1. The summed E-state index contributed by atoms with van der Waals surface area (Å²) in [5.74, 6) is -1.60. The van der Waals surface area contributed by atoms with Crippen LogP contribution in [0.4, 0.5) is 5.69 Å². The van der Waals surface area contributed by atoms with Gasteiger partial charge in [-0.05, 0) is 57.7 Å². The molecule has 1 aromatic rings. The number of carboxylic acids is 1. The van der Waals surface area contributed by atoms with Gasteiger partial charge in [0.15, 0.2) is 0 Å². The van der Waals surface area contributed by atoms with Gasteiger partial charge in [-0.25, -0.2) is 0 Å². The first-order valence-corrected chi connectivity index (χ1v) is 9.37. The summed E-state index contributed by atoms with van der Waals surface area (Å²) < 4.78 is 0. The molecule has 0 heterocycles. The Morgan fingerprint density at radius 3 is 2.19 bits per heavy atom. The number of aliphatic carboxylic acids is 1. The molecule has 2 N–H and O–H groups in total. The molecule has 26 heavy (non-hydrogen) atoms. The fraction of sp³-hybridized carbons (Fsp3) is 0.526. The number of anilines is 1. The van der Waals surface area contributed by atoms with Crippen LogP contribution in [0.5, 0.6) is 0 Å². The smallest absolute Gasteiger partial charge is 0.306 e. The van der Waals surface area contributed by atoms with Gasteiger partial charge in [0.2, 0.25) is 5.91 Å². The molecular weight excluding hydrogens is 356 g/mol. The summed E-state index contributed by atoms with van der Waals surface area (Å²) in [5.41, 5.74) is 0.951. The minimum atomic E-state index is -0.788. The minimum absolute atomic E-state index is 0.132. The molecule has 2 amide bonds. The van der Waals surface area contributed by atoms with Crippen LogP contribution < -0.4 is 5.32 Å². The standard InChI is InChI=1S/C19H25ClN2O4/c1-3-22(4-2)18(24)15-10-9-14(11-16(15)20)21-17(23)12-5-7-13(8-6-12)19(25)26/h9-13H,3-8H2,1-2H3,(H,21,23)(H,25,26). The third-order valence-electron chi connectivity index (χ3n) is 4.96. The zero-order valence-corrected chi connectivity index (χ0v) is 15.9. The lowest BCUT2D eigenvalue weighted by molar-refractivity contribution is -0.143. The van der Waals surface area contributed by atoms with E-state index in [-0.39, 0.29) is 23.7 Å². The van der Waals surface area contributed by atoms with E-state index < -0.39 is 5.97 Å². The number of nitrogens with one attached hydrogen (secondary N) is 1. The summed E-state index contributed by atoms with van der Waals surface area (Å²) in [6.45, 7) is 5.01. The van der Waals surface area contributed by atoms with Crippen molar-refractivity contribution in [1.29, 1.82) is 0 Å². The molecule has 0 spiro atoms. The van der Waals surface area contributed by atoms with Gasteiger partial charge in [0.25, 0.3) is 5.91 Å². The SMILES string of the molecule is CCN(CC)C(=O)c1ccc(NC(=O)C2CCC(C(=O)O)CC2)cc1Cl. The number of amides is 2. The summed E-state index contributed by atoms with van der Waals surface area (Å²) >= 11 is 6.24. The number of hydrogen-bond acceptors (Lipinski definition) is 3. The van der Waals surface area contributed by atoms with Crippen molar-refractivity contribution in [3.63, 3.8) is 0 Å². The van der Waals surface area contributed by atoms with Gasteiger partial charge in [0, 0.05) is 24.7 Å². The van der Waals surface area contributed by atoms with E-state index in [1.165, 1.54) is 0 Å². The Bertz CT molecular complexity index is 680. The first-order valence-electron chi connectivity index (χ1n) is 8.99. The van der Waals surface area contributed by atoms with Gasteiger partial charge in [-0.15, -0.1) is 0 Å². The number of halogens is 1. The van der Waals surface area contributed by atoms with Crippen LogP contribution in [0, 0.1) is 11.8 Å². The van der Waals surface area contributed by atoms with E-state index in [1.807, 2.05) is 13.8 Å². The molecule has 1 aromatic carbocycles. The lowest BCUT2D eigenvalue weighted by Crippen LogP contribution is -2.31. The van der Waals surface area contributed by atoms with Gasteiger partial charge in [-0.1, -0.05) is 11.6 Å². The quantitative estimate of drug-likeness (QED) is 0.788. The fourth-order valence-corrected chi connectivity index (χ4v) is 3.56. The Balaban J connectivity index is 2.00. The maximum Gasteiger partial charge on any atom is 0.306 e. The van der Waals surface area contributed by atoms with Crippen LogP contribution >= 0.6 is 11.6 Å². The van der Waals surface area contributed by atoms with Crippen molar-refractivity contribution in [3.05, 3.63) is 28.8 Å². The van der Waals surface area contributed by atoms with Crippen LogP contribution in [0.15, 0.2) is 18.2 Å². The minimum Gasteiger partial charge on any atom is -0.481 e. The first-order chi connectivity index (χ1) is 12.4. The van der Waals surface area contributed by atoms with Crippen molar-refractivity contribution in [2.75, 3.05) is 18.4 Å². The van der Waals surface area contributed by atoms with Crippen molar-refractivity contribution in [1.82, 2.24) is 4.90 Å². The van der Waals surface area contributed by atoms with Crippen LogP contribution in [0.25, 0.3) is 0 Å². The molecule has 7 heteroatoms. The number of rotatable bonds is 6. The van der Waals surface area contributed by atoms with Gasteiger partial charge in [-0.3, -0.25) is 14.4 Å². The molecule has 142 valence electrons. The molecule has 0 aromatic heterocycles. The molecule has 2 rings (SSSR count). The molecule has 6 nitrogen and oxygen atoms in total. The summed E-state index contributed by atoms with van der Waals surface area (Å²) in [4.78, 5) is 37.5. The highest BCUT2D eigenvalue weighted by Crippen LogP contribution is 2.30. The second kappa shape index (κ2) is 9.03. The van der Waals surface area contributed by atoms with Crippen molar-refractivity contribution in [3.8, 4) is 0 Å². The Labute approximate surface area is 158 Å². The summed E-state index contributed by atoms with van der Waals surface area (Å²) in [5, 5.41) is 12.2. The molecular formula is C19H25ClN2O4. The molecule has 0 radical (unpaired) electrons. The van der Waals surface area contributed by atoms with Gasteiger partial charge in [0.1, 0.15) is 0 Å². The Morgan fingerprint density at radius 1 is 1.12 bits per heavy atom. The third kappa shape index (κ3) is 4.75. The highest BCUT2D eigenvalue weighted by Gasteiger charge is 2.29. The number of carboxylic acid groups (broad SMARTS) is 1. The Hall–Kier alpha value is -2.08. The monoisotopic (exact) mass is 380 g/mol. The highest BCUT2D eigenvalue weighted by molar-refractivity contribution is 6.34. The molecule has 1 aliphatic carbocycles. The van der Waals surface area contributed by atoms with Gasteiger partial charge in [0.05, 0.1) is 16.5 Å². The number of nitrogens with zero attached hydrogens (tertiary/aromatic N) is 1. The van der Waals surface area contributed by atoms with Crippen molar-refractivity contribution < 1.29 is 19.5 Å². The van der Waals surface area contributed by atoms with E-state index in [9.17, 15) is 14.4 Å². The average molecular weight is 381 g/mol. The number of benzene rings is 1. The number of carbonyl (C=O) groups is 3. The van der Waals surface area contributed by atoms with E-state index >= 15 is 0 Å². The van der Waals surface area contributed by atoms with Gasteiger partial charge in [-0.2, -0.15) is 0 Å². The summed E-state index contributed by atoms with van der Waals surface area (Å²) in [6, 6.07) is 4.88. The lowest BCUT2D eigenvalue weighted by Gasteiger charge is -2.25. The van der Waals surface area contributed by atoms with Crippen LogP contribution in [-0.4, -0.2) is 40.9 Å². The molecule has 0 unspecified atom stereocenters. The van der Waals surface area contributed by atoms with E-state index in [1.54, 1.807) is 23.1 Å². The Morgan fingerprint density at radius 2 is 1.69 bits per heavy atom. The summed E-state index contributed by atoms with van der Waals surface area (Å²) in [6.07, 6.45) is 2.17. The number of hydrogen-bond donors (Lipinski definition) is 2. The molecule has 1 aliphatic rings. The van der Waals surface area contributed by atoms with Crippen LogP contribution in [-0.2, 0) is 9.59 Å². The Kier molecular flexibility index (Phi) is 7.03. The molecule has 1 saturated carbocycles. The molecule has 0 aliphatic heterocycles. The van der Waals surface area contributed by atoms with E-state index in [2.05, 4.69) is 5.32 Å². The molecule has 0 atom stereocenters. The maximum atomic E-state index is 12.4. The second-order valence-corrected chi connectivity index (χ2v) is 6.96. The van der Waals surface area contributed by atoms with E-state index in [0.29, 0.717) is 55.0 Å². The van der Waals surface area contributed by atoms with Crippen molar-refractivity contribution in [2.24, 2.45) is 11.8 Å². The van der Waals surface area contributed by atoms with E-state index in [4.69, 9.17) is 16.7 Å². The lowest BCUT2D eigenvalue weighted by atomic mass is 9.81. The van der Waals surface area contributed by atoms with Crippen LogP contribution in [0.2, 0.25) is 5.02 Å². The molecule has 0 saturated heterocycles. The van der Waals surface area contributed by atoms with Crippen molar-refractivity contribution in [2.45, 2.75) is 39.5 Å². The molecule has 1 fully saturated rings. The number of carbonyl (C=O) groups excluding carboxylic acids is 2. The topological polar surface area (TPSA) is 86.7 Å². The van der Waals surface area contributed by atoms with Crippen LogP contribution in [0.3, 0.4) is 0 Å². The van der Waals surface area contributed by atoms with Crippen LogP contribution in [0.1, 0.15) is 49.9 Å². The normalized spacial score (nSPS) is 19.7. The maximum absolute atomic E-state index is 12.4. The third-order valence-corrected chi connectivity index (χ3v) is 5.28. The zero-order chi connectivity index (χ0) is 19.3. The predicted molar refractivity (Wildman–Crippen MR) is 100 cm³/mol. The summed E-state index contributed by atoms with van der Waals surface area (Å²) in [7, 11) is 0. The van der Waals surface area contributed by atoms with Gasteiger partial charge >= 0.3 is 5.97 Å². The molecule has 0 bridgehead atoms.